The SMILES string of the molecule is CCOC(=O)CCCCCCOc1cccc2c3n(nc12)C[C@@H](C(C)(C)C)n1cc(C(=O)OC)c(=O)cc1-3. The van der Waals surface area contributed by atoms with Crippen molar-refractivity contribution in [2.24, 2.45) is 5.41 Å². The molecule has 204 valence electrons. The van der Waals surface area contributed by atoms with Crippen molar-refractivity contribution in [3.05, 3.63) is 46.2 Å². The fourth-order valence-electron chi connectivity index (χ4n) is 4.99. The Bertz CT molecular complexity index is 1380. The van der Waals surface area contributed by atoms with E-state index in [4.69, 9.17) is 19.3 Å². The second kappa shape index (κ2) is 11.4. The summed E-state index contributed by atoms with van der Waals surface area (Å²) in [6.45, 7) is 9.76. The zero-order valence-corrected chi connectivity index (χ0v) is 22.9. The maximum Gasteiger partial charge on any atom is 0.343 e. The molecular formula is C29H37N3O6. The minimum atomic E-state index is -0.640. The van der Waals surface area contributed by atoms with Crippen LogP contribution in [0.4, 0.5) is 0 Å². The van der Waals surface area contributed by atoms with Gasteiger partial charge < -0.3 is 18.8 Å². The van der Waals surface area contributed by atoms with Gasteiger partial charge in [0, 0.05) is 24.1 Å². The van der Waals surface area contributed by atoms with Gasteiger partial charge >= 0.3 is 11.9 Å². The Morgan fingerprint density at radius 1 is 1.13 bits per heavy atom. The number of ether oxygens (including phenoxy) is 3. The standard InChI is InChI=1S/C29H37N3O6/c1-6-37-25(34)14-9-7-8-10-15-38-23-13-11-12-19-26(23)30-32-18-24(29(2,3)4)31-17-20(28(35)36-5)22(33)16-21(31)27(19)32/h11-13,16-17,24H,6-10,14-15,18H2,1-5H3/t24-/m0/s1. The lowest BCUT2D eigenvalue weighted by Crippen LogP contribution is -2.35. The lowest BCUT2D eigenvalue weighted by molar-refractivity contribution is -0.143. The van der Waals surface area contributed by atoms with Gasteiger partial charge in [-0.2, -0.15) is 5.10 Å². The number of methoxy groups -OCH3 is 1. The molecule has 1 aliphatic heterocycles. The molecule has 38 heavy (non-hydrogen) atoms. The molecule has 2 aromatic heterocycles. The summed E-state index contributed by atoms with van der Waals surface area (Å²) in [5, 5.41) is 5.81. The number of carbonyl (C=O) groups excluding carboxylic acids is 2. The van der Waals surface area contributed by atoms with E-state index in [1.54, 1.807) is 6.20 Å². The molecule has 0 bridgehead atoms. The summed E-state index contributed by atoms with van der Waals surface area (Å²) in [6.07, 6.45) is 5.67. The van der Waals surface area contributed by atoms with Crippen LogP contribution in [0.2, 0.25) is 0 Å². The number of esters is 2. The first-order valence-electron chi connectivity index (χ1n) is 13.3. The van der Waals surface area contributed by atoms with Gasteiger partial charge in [0.05, 0.1) is 44.3 Å². The monoisotopic (exact) mass is 523 g/mol. The highest BCUT2D eigenvalue weighted by Gasteiger charge is 2.35. The number of pyridine rings is 1. The van der Waals surface area contributed by atoms with Crippen molar-refractivity contribution >= 4 is 22.8 Å². The fraction of sp³-hybridized carbons (Fsp3) is 0.517. The molecule has 4 rings (SSSR count). The molecule has 0 N–H and O–H groups in total. The number of hydrogen-bond donors (Lipinski definition) is 0. The largest absolute Gasteiger partial charge is 0.491 e. The van der Waals surface area contributed by atoms with Crippen LogP contribution < -0.4 is 10.2 Å². The zero-order chi connectivity index (χ0) is 27.4. The van der Waals surface area contributed by atoms with Gasteiger partial charge in [0.1, 0.15) is 16.8 Å². The number of rotatable bonds is 10. The quantitative estimate of drug-likeness (QED) is 0.268. The van der Waals surface area contributed by atoms with Crippen LogP contribution in [0.5, 0.6) is 5.75 Å². The summed E-state index contributed by atoms with van der Waals surface area (Å²) in [5.41, 5.74) is 1.77. The Balaban J connectivity index is 1.58. The average Bonchev–Trinajstić information content (AvgIpc) is 3.26. The molecule has 0 amide bonds. The van der Waals surface area contributed by atoms with Gasteiger partial charge in [-0.1, -0.05) is 45.7 Å². The molecule has 0 aliphatic carbocycles. The highest BCUT2D eigenvalue weighted by atomic mass is 16.5. The van der Waals surface area contributed by atoms with Crippen molar-refractivity contribution in [3.63, 3.8) is 0 Å². The zero-order valence-electron chi connectivity index (χ0n) is 22.9. The van der Waals surface area contributed by atoms with E-state index in [1.165, 1.54) is 13.2 Å². The summed E-state index contributed by atoms with van der Waals surface area (Å²) < 4.78 is 19.9. The highest BCUT2D eigenvalue weighted by molar-refractivity contribution is 5.97. The molecule has 0 fully saturated rings. The molecule has 0 saturated heterocycles. The molecular weight excluding hydrogens is 486 g/mol. The van der Waals surface area contributed by atoms with Gasteiger partial charge in [-0.25, -0.2) is 4.79 Å². The molecule has 9 nitrogen and oxygen atoms in total. The third-order valence-electron chi connectivity index (χ3n) is 6.98. The van der Waals surface area contributed by atoms with Crippen molar-refractivity contribution in [1.29, 1.82) is 0 Å². The maximum absolute atomic E-state index is 12.9. The van der Waals surface area contributed by atoms with Crippen LogP contribution in [-0.2, 0) is 20.8 Å². The third-order valence-corrected chi connectivity index (χ3v) is 6.98. The third kappa shape index (κ3) is 5.61. The van der Waals surface area contributed by atoms with E-state index in [-0.39, 0.29) is 28.4 Å². The van der Waals surface area contributed by atoms with E-state index in [0.717, 1.165) is 48.0 Å². The maximum atomic E-state index is 12.9. The van der Waals surface area contributed by atoms with Crippen LogP contribution >= 0.6 is 0 Å². The summed E-state index contributed by atoms with van der Waals surface area (Å²) in [7, 11) is 1.28. The summed E-state index contributed by atoms with van der Waals surface area (Å²) in [5.74, 6) is -0.0833. The van der Waals surface area contributed by atoms with Gasteiger partial charge in [-0.05, 0) is 31.2 Å². The predicted octanol–water partition coefficient (Wildman–Crippen LogP) is 5.14. The Labute approximate surface area is 222 Å². The number of aromatic nitrogens is 3. The Morgan fingerprint density at radius 2 is 1.89 bits per heavy atom. The van der Waals surface area contributed by atoms with Crippen molar-refractivity contribution in [2.45, 2.75) is 72.4 Å². The molecule has 3 heterocycles. The van der Waals surface area contributed by atoms with Crippen molar-refractivity contribution < 1.29 is 23.8 Å². The summed E-state index contributed by atoms with van der Waals surface area (Å²) >= 11 is 0. The van der Waals surface area contributed by atoms with Crippen LogP contribution in [0.3, 0.4) is 0 Å². The van der Waals surface area contributed by atoms with Gasteiger partial charge in [-0.3, -0.25) is 14.3 Å². The van der Waals surface area contributed by atoms with Crippen LogP contribution in [0, 0.1) is 5.41 Å². The van der Waals surface area contributed by atoms with E-state index in [2.05, 4.69) is 20.8 Å². The van der Waals surface area contributed by atoms with Crippen LogP contribution in [0.25, 0.3) is 22.3 Å². The van der Waals surface area contributed by atoms with E-state index >= 15 is 0 Å². The average molecular weight is 524 g/mol. The van der Waals surface area contributed by atoms with Crippen molar-refractivity contribution in [1.82, 2.24) is 14.3 Å². The van der Waals surface area contributed by atoms with E-state index in [0.29, 0.717) is 31.9 Å². The second-order valence-corrected chi connectivity index (χ2v) is 10.7. The number of hydrogen-bond acceptors (Lipinski definition) is 7. The van der Waals surface area contributed by atoms with Crippen molar-refractivity contribution in [3.8, 4) is 17.1 Å². The molecule has 0 unspecified atom stereocenters. The van der Waals surface area contributed by atoms with Crippen molar-refractivity contribution in [2.75, 3.05) is 20.3 Å². The number of nitrogens with zero attached hydrogens (tertiary/aromatic N) is 3. The van der Waals surface area contributed by atoms with Crippen LogP contribution in [0.1, 0.15) is 76.2 Å². The fourth-order valence-corrected chi connectivity index (χ4v) is 4.99. The van der Waals surface area contributed by atoms with Crippen LogP contribution in [-0.4, -0.2) is 46.6 Å². The highest BCUT2D eigenvalue weighted by Crippen LogP contribution is 2.43. The minimum Gasteiger partial charge on any atom is -0.491 e. The van der Waals surface area contributed by atoms with Crippen LogP contribution in [0.15, 0.2) is 35.3 Å². The number of benzene rings is 1. The molecule has 1 atom stereocenters. The topological polar surface area (TPSA) is 102 Å². The van der Waals surface area contributed by atoms with Gasteiger partial charge in [0.2, 0.25) is 0 Å². The summed E-state index contributed by atoms with van der Waals surface area (Å²) in [6, 6.07) is 7.30. The predicted molar refractivity (Wildman–Crippen MR) is 144 cm³/mol. The molecule has 0 radical (unpaired) electrons. The first-order chi connectivity index (χ1) is 18.2. The van der Waals surface area contributed by atoms with E-state index in [9.17, 15) is 14.4 Å². The smallest absolute Gasteiger partial charge is 0.343 e. The minimum absolute atomic E-state index is 0.0223. The van der Waals surface area contributed by atoms with E-state index in [1.807, 2.05) is 34.4 Å². The molecule has 3 aromatic rings. The molecule has 9 heteroatoms. The van der Waals surface area contributed by atoms with Gasteiger partial charge in [-0.15, -0.1) is 0 Å². The molecule has 1 aromatic carbocycles. The summed E-state index contributed by atoms with van der Waals surface area (Å²) in [4.78, 5) is 36.6. The van der Waals surface area contributed by atoms with Gasteiger partial charge in [0.25, 0.3) is 0 Å². The molecule has 0 saturated carbocycles. The Morgan fingerprint density at radius 3 is 2.61 bits per heavy atom. The lowest BCUT2D eigenvalue weighted by atomic mass is 9.85. The number of carbonyl (C=O) groups is 2. The number of unbranched alkanes of at least 4 members (excludes halogenated alkanes) is 3. The lowest BCUT2D eigenvalue weighted by Gasteiger charge is -2.38. The molecule has 0 spiro atoms. The Kier molecular flexibility index (Phi) is 8.23. The first-order valence-corrected chi connectivity index (χ1v) is 13.3. The normalized spacial score (nSPS) is 14.6. The molecule has 1 aliphatic rings. The number of fused-ring (bicyclic) bond motifs is 5. The Hall–Kier alpha value is -3.62. The van der Waals surface area contributed by atoms with E-state index < -0.39 is 5.97 Å². The van der Waals surface area contributed by atoms with Gasteiger partial charge in [0.15, 0.2) is 5.43 Å². The second-order valence-electron chi connectivity index (χ2n) is 10.7. The first kappa shape index (κ1) is 27.4.